The maximum absolute atomic E-state index is 13.9. The average molecular weight is 456 g/mol. The maximum Gasteiger partial charge on any atom is 0.245 e. The Hall–Kier alpha value is -2.45. The number of nitrogens with zero attached hydrogens (tertiary/aromatic N) is 1. The Bertz CT molecular complexity index is 842. The lowest BCUT2D eigenvalue weighted by atomic mass is 9.83. The minimum absolute atomic E-state index is 0.0349. The van der Waals surface area contributed by atoms with Crippen LogP contribution in [0.1, 0.15) is 45.4 Å². The van der Waals surface area contributed by atoms with E-state index < -0.39 is 6.04 Å². The summed E-state index contributed by atoms with van der Waals surface area (Å²) in [5.41, 5.74) is 0.759. The number of nitrogens with one attached hydrogen (secondary N) is 4. The SMILES string of the molecule is CN[C@H](C)C(=O)N[C@H](C(=O)N1CC[C@H]2NC[C@@H](C(=O)Nc3ccccc3)[C@H]21)C1CCCCC1. The van der Waals surface area contributed by atoms with Crippen molar-refractivity contribution < 1.29 is 14.4 Å². The molecule has 3 amide bonds. The smallest absolute Gasteiger partial charge is 0.245 e. The Morgan fingerprint density at radius 2 is 1.79 bits per heavy atom. The minimum Gasteiger partial charge on any atom is -0.343 e. The lowest BCUT2D eigenvalue weighted by Crippen LogP contribution is -2.58. The Labute approximate surface area is 196 Å². The van der Waals surface area contributed by atoms with Crippen molar-refractivity contribution in [3.63, 3.8) is 0 Å². The van der Waals surface area contributed by atoms with Gasteiger partial charge in [0.25, 0.3) is 0 Å². The third-order valence-electron chi connectivity index (χ3n) is 7.64. The van der Waals surface area contributed by atoms with Gasteiger partial charge >= 0.3 is 0 Å². The number of rotatable bonds is 7. The zero-order valence-electron chi connectivity index (χ0n) is 19.7. The fourth-order valence-corrected chi connectivity index (χ4v) is 5.63. The molecule has 180 valence electrons. The largest absolute Gasteiger partial charge is 0.343 e. The van der Waals surface area contributed by atoms with Gasteiger partial charge in [0.15, 0.2) is 0 Å². The number of likely N-dealkylation sites (tertiary alicyclic amines) is 1. The topological polar surface area (TPSA) is 103 Å². The number of anilines is 1. The number of carbonyl (C=O) groups is 3. The fourth-order valence-electron chi connectivity index (χ4n) is 5.63. The molecular weight excluding hydrogens is 418 g/mol. The molecule has 1 aliphatic carbocycles. The van der Waals surface area contributed by atoms with Crippen molar-refractivity contribution in [1.82, 2.24) is 20.9 Å². The molecule has 0 bridgehead atoms. The summed E-state index contributed by atoms with van der Waals surface area (Å²) in [6, 6.07) is 8.44. The molecule has 1 aromatic carbocycles. The lowest BCUT2D eigenvalue weighted by molar-refractivity contribution is -0.140. The van der Waals surface area contributed by atoms with E-state index in [4.69, 9.17) is 0 Å². The van der Waals surface area contributed by atoms with Gasteiger partial charge < -0.3 is 26.2 Å². The Balaban J connectivity index is 1.51. The van der Waals surface area contributed by atoms with Crippen molar-refractivity contribution in [3.8, 4) is 0 Å². The van der Waals surface area contributed by atoms with Crippen molar-refractivity contribution in [1.29, 1.82) is 0 Å². The number of likely N-dealkylation sites (N-methyl/N-ethyl adjacent to an activating group) is 1. The Kier molecular flexibility index (Phi) is 7.65. The summed E-state index contributed by atoms with van der Waals surface area (Å²) >= 11 is 0. The van der Waals surface area contributed by atoms with Crippen LogP contribution in [-0.2, 0) is 14.4 Å². The van der Waals surface area contributed by atoms with Gasteiger partial charge in [-0.25, -0.2) is 0 Å². The Morgan fingerprint density at radius 1 is 1.06 bits per heavy atom. The molecule has 2 aliphatic heterocycles. The summed E-state index contributed by atoms with van der Waals surface area (Å²) in [6.07, 6.45) is 6.07. The molecule has 2 saturated heterocycles. The molecular formula is C25H37N5O3. The highest BCUT2D eigenvalue weighted by molar-refractivity contribution is 5.95. The predicted molar refractivity (Wildman–Crippen MR) is 127 cm³/mol. The molecule has 4 rings (SSSR count). The minimum atomic E-state index is -0.536. The number of hydrogen-bond donors (Lipinski definition) is 4. The highest BCUT2D eigenvalue weighted by Gasteiger charge is 2.50. The van der Waals surface area contributed by atoms with Crippen molar-refractivity contribution in [2.75, 3.05) is 25.5 Å². The number of carbonyl (C=O) groups excluding carboxylic acids is 3. The van der Waals surface area contributed by atoms with Crippen molar-refractivity contribution in [3.05, 3.63) is 30.3 Å². The Morgan fingerprint density at radius 3 is 2.48 bits per heavy atom. The second-order valence-electron chi connectivity index (χ2n) is 9.68. The molecule has 8 nitrogen and oxygen atoms in total. The summed E-state index contributed by atoms with van der Waals surface area (Å²) in [5.74, 6) is -0.430. The normalized spacial score (nSPS) is 27.0. The van der Waals surface area contributed by atoms with Gasteiger partial charge in [-0.2, -0.15) is 0 Å². The van der Waals surface area contributed by atoms with Crippen LogP contribution in [0.15, 0.2) is 30.3 Å². The van der Waals surface area contributed by atoms with Crippen molar-refractivity contribution in [2.45, 2.75) is 69.6 Å². The van der Waals surface area contributed by atoms with E-state index in [0.29, 0.717) is 13.1 Å². The fraction of sp³-hybridized carbons (Fsp3) is 0.640. The van der Waals surface area contributed by atoms with Crippen LogP contribution in [0.2, 0.25) is 0 Å². The second-order valence-corrected chi connectivity index (χ2v) is 9.68. The first kappa shape index (κ1) is 23.7. The summed E-state index contributed by atoms with van der Waals surface area (Å²) in [4.78, 5) is 41.6. The summed E-state index contributed by atoms with van der Waals surface area (Å²) in [6.45, 7) is 2.96. The summed E-state index contributed by atoms with van der Waals surface area (Å²) in [5, 5.41) is 12.5. The molecule has 0 spiro atoms. The van der Waals surface area contributed by atoms with Crippen LogP contribution < -0.4 is 21.3 Å². The average Bonchev–Trinajstić information content (AvgIpc) is 3.45. The van der Waals surface area contributed by atoms with Gasteiger partial charge in [-0.3, -0.25) is 14.4 Å². The highest BCUT2D eigenvalue weighted by Crippen LogP contribution is 2.34. The second kappa shape index (κ2) is 10.7. The van der Waals surface area contributed by atoms with E-state index in [1.54, 1.807) is 14.0 Å². The molecule has 5 atom stereocenters. The standard InChI is InChI=1S/C25H37N5O3/c1-16(26-2)23(31)29-21(17-9-5-3-6-10-17)25(33)30-14-13-20-22(30)19(15-27-20)24(32)28-18-11-7-4-8-12-18/h4,7-8,11-12,16-17,19-22,26-27H,3,5-6,9-10,13-15H2,1-2H3,(H,28,32)(H,29,31)/t16-,19-,20-,21+,22-/m1/s1. The third kappa shape index (κ3) is 5.22. The number of fused-ring (bicyclic) bond motifs is 1. The van der Waals surface area contributed by atoms with Crippen molar-refractivity contribution in [2.24, 2.45) is 11.8 Å². The molecule has 1 saturated carbocycles. The van der Waals surface area contributed by atoms with E-state index in [1.165, 1.54) is 6.42 Å². The first-order valence-corrected chi connectivity index (χ1v) is 12.4. The molecule has 3 fully saturated rings. The lowest BCUT2D eigenvalue weighted by Gasteiger charge is -2.36. The summed E-state index contributed by atoms with van der Waals surface area (Å²) < 4.78 is 0. The first-order chi connectivity index (χ1) is 16.0. The van der Waals surface area contributed by atoms with Crippen LogP contribution in [-0.4, -0.2) is 66.9 Å². The van der Waals surface area contributed by atoms with E-state index in [2.05, 4.69) is 21.3 Å². The number of para-hydroxylation sites is 1. The van der Waals surface area contributed by atoms with E-state index in [1.807, 2.05) is 35.2 Å². The van der Waals surface area contributed by atoms with Gasteiger partial charge in [0.05, 0.1) is 18.0 Å². The van der Waals surface area contributed by atoms with Gasteiger partial charge in [0.1, 0.15) is 6.04 Å². The van der Waals surface area contributed by atoms with E-state index in [0.717, 1.165) is 37.8 Å². The van der Waals surface area contributed by atoms with Crippen LogP contribution in [0, 0.1) is 11.8 Å². The quantitative estimate of drug-likeness (QED) is 0.499. The predicted octanol–water partition coefficient (Wildman–Crippen LogP) is 1.49. The number of amides is 3. The van der Waals surface area contributed by atoms with Crippen LogP contribution >= 0.6 is 0 Å². The molecule has 0 aromatic heterocycles. The highest BCUT2D eigenvalue weighted by atomic mass is 16.2. The monoisotopic (exact) mass is 455 g/mol. The number of benzene rings is 1. The molecule has 33 heavy (non-hydrogen) atoms. The van der Waals surface area contributed by atoms with E-state index in [9.17, 15) is 14.4 Å². The van der Waals surface area contributed by atoms with Gasteiger partial charge in [0.2, 0.25) is 17.7 Å². The zero-order chi connectivity index (χ0) is 23.4. The third-order valence-corrected chi connectivity index (χ3v) is 7.64. The van der Waals surface area contributed by atoms with E-state index in [-0.39, 0.29) is 47.7 Å². The van der Waals surface area contributed by atoms with Crippen LogP contribution in [0.4, 0.5) is 5.69 Å². The molecule has 8 heteroatoms. The molecule has 0 unspecified atom stereocenters. The molecule has 1 aromatic rings. The molecule has 3 aliphatic rings. The van der Waals surface area contributed by atoms with Crippen LogP contribution in [0.5, 0.6) is 0 Å². The van der Waals surface area contributed by atoms with Crippen LogP contribution in [0.3, 0.4) is 0 Å². The van der Waals surface area contributed by atoms with Crippen molar-refractivity contribution >= 4 is 23.4 Å². The molecule has 2 heterocycles. The van der Waals surface area contributed by atoms with Gasteiger partial charge in [-0.15, -0.1) is 0 Å². The van der Waals surface area contributed by atoms with Gasteiger partial charge in [0, 0.05) is 24.8 Å². The molecule has 0 radical (unpaired) electrons. The first-order valence-electron chi connectivity index (χ1n) is 12.4. The maximum atomic E-state index is 13.9. The zero-order valence-corrected chi connectivity index (χ0v) is 19.7. The van der Waals surface area contributed by atoms with Crippen LogP contribution in [0.25, 0.3) is 0 Å². The van der Waals surface area contributed by atoms with Gasteiger partial charge in [-0.05, 0) is 51.3 Å². The molecule has 4 N–H and O–H groups in total. The summed E-state index contributed by atoms with van der Waals surface area (Å²) in [7, 11) is 1.74. The van der Waals surface area contributed by atoms with E-state index >= 15 is 0 Å². The van der Waals surface area contributed by atoms with Gasteiger partial charge in [-0.1, -0.05) is 37.5 Å². The number of hydrogen-bond acceptors (Lipinski definition) is 5.